The Kier molecular flexibility index (Phi) is 19.1. The van der Waals surface area contributed by atoms with E-state index >= 15 is 0 Å². The van der Waals surface area contributed by atoms with Gasteiger partial charge in [-0.1, -0.05) is 0 Å². The van der Waals surface area contributed by atoms with Gasteiger partial charge in [-0.05, 0) is 13.0 Å². The third-order valence-corrected chi connectivity index (χ3v) is 6.87. The molecule has 1 rings (SSSR count). The molecule has 17 N–H and O–H groups in total. The van der Waals surface area contributed by atoms with Crippen molar-refractivity contribution in [3.05, 3.63) is 0 Å². The molecule has 0 aromatic rings. The molecule has 1 aliphatic rings. The first-order chi connectivity index (χ1) is 20.6. The van der Waals surface area contributed by atoms with Crippen molar-refractivity contribution in [2.45, 2.75) is 117 Å². The van der Waals surface area contributed by atoms with Crippen LogP contribution in [0.4, 0.5) is 0 Å². The summed E-state index contributed by atoms with van der Waals surface area (Å²) >= 11 is 0. The first kappa shape index (κ1) is 41.2. The molecule has 1 saturated heterocycles. The van der Waals surface area contributed by atoms with Gasteiger partial charge in [0.2, 0.25) is 0 Å². The molecule has 44 heavy (non-hydrogen) atoms. The molecular formula is C24H49NO19. The van der Waals surface area contributed by atoms with Crippen LogP contribution in [0.2, 0.25) is 0 Å². The van der Waals surface area contributed by atoms with Crippen molar-refractivity contribution in [1.29, 1.82) is 0 Å². The van der Waals surface area contributed by atoms with Gasteiger partial charge in [-0.3, -0.25) is 0 Å². The summed E-state index contributed by atoms with van der Waals surface area (Å²) in [5.41, 5.74) is 5.40. The van der Waals surface area contributed by atoms with Crippen molar-refractivity contribution in [2.24, 2.45) is 5.73 Å². The molecule has 0 saturated carbocycles. The number of aliphatic hydroxyl groups is 15. The van der Waals surface area contributed by atoms with E-state index in [0.29, 0.717) is 0 Å². The van der Waals surface area contributed by atoms with E-state index in [1.807, 2.05) is 0 Å². The van der Waals surface area contributed by atoms with Crippen LogP contribution in [-0.2, 0) is 18.9 Å². The molecule has 0 radical (unpaired) electrons. The Morgan fingerprint density at radius 3 is 1.70 bits per heavy atom. The van der Waals surface area contributed by atoms with Gasteiger partial charge >= 0.3 is 0 Å². The van der Waals surface area contributed by atoms with E-state index in [2.05, 4.69) is 0 Å². The Hall–Kier alpha value is -0.800. The van der Waals surface area contributed by atoms with E-state index in [9.17, 15) is 66.4 Å². The Morgan fingerprint density at radius 1 is 0.659 bits per heavy atom. The van der Waals surface area contributed by atoms with Gasteiger partial charge in [0.15, 0.2) is 18.9 Å². The molecule has 20 nitrogen and oxygen atoms in total. The summed E-state index contributed by atoms with van der Waals surface area (Å²) in [6.45, 7) is -2.69. The predicted octanol–water partition coefficient (Wildman–Crippen LogP) is -9.15. The van der Waals surface area contributed by atoms with Gasteiger partial charge < -0.3 is 101 Å². The highest BCUT2D eigenvalue weighted by Gasteiger charge is 2.51. The number of hydrogen-bond acceptors (Lipinski definition) is 20. The van der Waals surface area contributed by atoms with Crippen LogP contribution in [0.15, 0.2) is 0 Å². The van der Waals surface area contributed by atoms with E-state index < -0.39 is 131 Å². The Labute approximate surface area is 252 Å². The lowest BCUT2D eigenvalue weighted by atomic mass is 9.94. The van der Waals surface area contributed by atoms with E-state index in [0.717, 1.165) is 0 Å². The van der Waals surface area contributed by atoms with Gasteiger partial charge in [0.1, 0.15) is 54.9 Å². The topological polar surface area (TPSA) is 366 Å². The van der Waals surface area contributed by atoms with E-state index in [1.165, 1.54) is 0 Å². The monoisotopic (exact) mass is 655 g/mol. The molecule has 1 heterocycles. The molecule has 0 bridgehead atoms. The fraction of sp³-hybridized carbons (Fsp3) is 1.00. The zero-order valence-corrected chi connectivity index (χ0v) is 23.8. The standard InChI is InChI=1S/C24H49NO19/c25-2-1-3-41-23(40)20(15(35)12(32)5-10(30)7-27)44-24-21(17(37)16(36)19(43-24)13(33)8-28)42-22(39)18(38)14(34)11(31)4-9(29)6-26/h9-24,26-40H,1-8,25H2/t9-,10-,11+,12+,13+,14?,15?,16-,17?,18?,19?,20?,21?,22+,23+,24+/m0/s1. The maximum atomic E-state index is 10.8. The fourth-order valence-corrected chi connectivity index (χ4v) is 4.23. The average molecular weight is 656 g/mol. The van der Waals surface area contributed by atoms with Gasteiger partial charge in [0.25, 0.3) is 0 Å². The van der Waals surface area contributed by atoms with Crippen molar-refractivity contribution in [3.63, 3.8) is 0 Å². The minimum absolute atomic E-state index is 0.123. The zero-order valence-electron chi connectivity index (χ0n) is 23.8. The summed E-state index contributed by atoms with van der Waals surface area (Å²) < 4.78 is 21.3. The molecule has 16 atom stereocenters. The molecule has 264 valence electrons. The molecule has 7 unspecified atom stereocenters. The largest absolute Gasteiger partial charge is 0.394 e. The first-order valence-electron chi connectivity index (χ1n) is 13.9. The zero-order chi connectivity index (χ0) is 33.7. The third-order valence-electron chi connectivity index (χ3n) is 6.87. The van der Waals surface area contributed by atoms with Crippen LogP contribution in [0.3, 0.4) is 0 Å². The van der Waals surface area contributed by atoms with Crippen LogP contribution in [-0.4, -0.2) is 208 Å². The summed E-state index contributed by atoms with van der Waals surface area (Å²) in [5, 5.41) is 151. The number of hydrogen-bond donors (Lipinski definition) is 16. The highest BCUT2D eigenvalue weighted by molar-refractivity contribution is 4.95. The van der Waals surface area contributed by atoms with Gasteiger partial charge in [0, 0.05) is 12.8 Å². The highest BCUT2D eigenvalue weighted by atomic mass is 16.7. The SMILES string of the molecule is NCCCO[C@@H](O)C(O[C@H]1OC([C@H](O)CO)[C@@H](O)C(O)C1O[C@@H](O)C(O)C(O)[C@H](O)C[C@H](O)CO)C(O)[C@H](O)C[C@H](O)CO. The molecular weight excluding hydrogens is 606 g/mol. The fourth-order valence-electron chi connectivity index (χ4n) is 4.23. The maximum Gasteiger partial charge on any atom is 0.187 e. The van der Waals surface area contributed by atoms with E-state index in [1.54, 1.807) is 0 Å². The van der Waals surface area contributed by atoms with E-state index in [-0.39, 0.29) is 19.6 Å². The van der Waals surface area contributed by atoms with Crippen LogP contribution in [0, 0.1) is 0 Å². The summed E-state index contributed by atoms with van der Waals surface area (Å²) in [7, 11) is 0. The van der Waals surface area contributed by atoms with Crippen LogP contribution in [0.1, 0.15) is 19.3 Å². The molecule has 0 aliphatic carbocycles. The van der Waals surface area contributed by atoms with Crippen LogP contribution in [0.25, 0.3) is 0 Å². The molecule has 0 aromatic heterocycles. The predicted molar refractivity (Wildman–Crippen MR) is 141 cm³/mol. The quantitative estimate of drug-likeness (QED) is 0.0380. The minimum atomic E-state index is -2.51. The van der Waals surface area contributed by atoms with Gasteiger partial charge in [-0.25, -0.2) is 0 Å². The lowest BCUT2D eigenvalue weighted by Gasteiger charge is -2.46. The second kappa shape index (κ2) is 20.4. The first-order valence-corrected chi connectivity index (χ1v) is 13.9. The second-order valence-corrected chi connectivity index (χ2v) is 10.4. The average Bonchev–Trinajstić information content (AvgIpc) is 3.00. The lowest BCUT2D eigenvalue weighted by Crippen LogP contribution is -2.65. The number of aliphatic hydroxyl groups excluding tert-OH is 15. The second-order valence-electron chi connectivity index (χ2n) is 10.4. The number of nitrogens with two attached hydrogens (primary N) is 1. The van der Waals surface area contributed by atoms with Crippen molar-refractivity contribution >= 4 is 0 Å². The summed E-state index contributed by atoms with van der Waals surface area (Å²) in [5.74, 6) is 0. The van der Waals surface area contributed by atoms with Crippen molar-refractivity contribution < 1.29 is 95.5 Å². The Morgan fingerprint density at radius 2 is 1.20 bits per heavy atom. The Balaban J connectivity index is 3.35. The number of ether oxygens (including phenoxy) is 4. The van der Waals surface area contributed by atoms with Crippen molar-refractivity contribution in [1.82, 2.24) is 0 Å². The lowest BCUT2D eigenvalue weighted by molar-refractivity contribution is -0.370. The molecule has 0 spiro atoms. The molecule has 20 heteroatoms. The summed E-state index contributed by atoms with van der Waals surface area (Å²) in [6, 6.07) is 0. The van der Waals surface area contributed by atoms with E-state index in [4.69, 9.17) is 34.9 Å². The van der Waals surface area contributed by atoms with Gasteiger partial charge in [0.05, 0.1) is 50.8 Å². The van der Waals surface area contributed by atoms with Crippen LogP contribution >= 0.6 is 0 Å². The Bertz CT molecular complexity index is 758. The highest BCUT2D eigenvalue weighted by Crippen LogP contribution is 2.30. The normalized spacial score (nSPS) is 30.4. The molecule has 0 aromatic carbocycles. The van der Waals surface area contributed by atoms with Gasteiger partial charge in [-0.15, -0.1) is 0 Å². The summed E-state index contributed by atoms with van der Waals surface area (Å²) in [4.78, 5) is 0. The minimum Gasteiger partial charge on any atom is -0.394 e. The van der Waals surface area contributed by atoms with Crippen molar-refractivity contribution in [2.75, 3.05) is 33.0 Å². The molecule has 1 fully saturated rings. The smallest absolute Gasteiger partial charge is 0.187 e. The third kappa shape index (κ3) is 12.1. The summed E-state index contributed by atoms with van der Waals surface area (Å²) in [6.07, 6.45) is -33.4. The van der Waals surface area contributed by atoms with Crippen LogP contribution < -0.4 is 5.73 Å². The molecule has 0 amide bonds. The molecule has 1 aliphatic heterocycles. The number of rotatable bonds is 22. The van der Waals surface area contributed by atoms with Crippen LogP contribution in [0.5, 0.6) is 0 Å². The van der Waals surface area contributed by atoms with Crippen molar-refractivity contribution in [3.8, 4) is 0 Å². The van der Waals surface area contributed by atoms with Gasteiger partial charge in [-0.2, -0.15) is 0 Å². The maximum absolute atomic E-state index is 10.8.